The molecule has 1 aliphatic rings. The Kier molecular flexibility index (Phi) is 5.66. The van der Waals surface area contributed by atoms with Gasteiger partial charge in [0.05, 0.1) is 5.41 Å². The molecule has 3 aromatic rings. The summed E-state index contributed by atoms with van der Waals surface area (Å²) in [6.45, 7) is 0.490. The highest BCUT2D eigenvalue weighted by molar-refractivity contribution is 5.48. The molecule has 2 nitrogen and oxygen atoms in total. The third kappa shape index (κ3) is 3.91. The standard InChI is InChI=1S/C26H25FO2/c27-24-12-7-6-11-23(24)26(18-8-2-5-13-25(26)28)21-14-16-22(17-15-21)29-19-20-9-3-1-4-10-20/h1,3-4,6-7,9-17,28H,2,5,8,18-19H2. The minimum Gasteiger partial charge on any atom is -0.511 e. The lowest BCUT2D eigenvalue weighted by molar-refractivity contribution is 0.301. The Morgan fingerprint density at radius 2 is 1.59 bits per heavy atom. The highest BCUT2D eigenvalue weighted by Crippen LogP contribution is 2.45. The first-order valence-corrected chi connectivity index (χ1v) is 10.1. The zero-order valence-corrected chi connectivity index (χ0v) is 16.4. The lowest BCUT2D eigenvalue weighted by atomic mass is 9.70. The number of benzene rings is 3. The maximum absolute atomic E-state index is 14.8. The molecule has 29 heavy (non-hydrogen) atoms. The minimum atomic E-state index is -0.861. The molecule has 0 bridgehead atoms. The van der Waals surface area contributed by atoms with Crippen LogP contribution >= 0.6 is 0 Å². The summed E-state index contributed by atoms with van der Waals surface area (Å²) in [6.07, 6.45) is 5.22. The topological polar surface area (TPSA) is 29.5 Å². The molecule has 0 saturated heterocycles. The van der Waals surface area contributed by atoms with Crippen molar-refractivity contribution >= 4 is 0 Å². The van der Waals surface area contributed by atoms with Crippen LogP contribution in [0.1, 0.15) is 42.4 Å². The fraction of sp³-hybridized carbons (Fsp3) is 0.231. The molecule has 1 N–H and O–H groups in total. The molecule has 0 aromatic heterocycles. The number of hydrogen-bond donors (Lipinski definition) is 1. The number of allylic oxidation sites excluding steroid dienone is 2. The highest BCUT2D eigenvalue weighted by Gasteiger charge is 2.41. The van der Waals surface area contributed by atoms with Crippen LogP contribution < -0.4 is 4.74 Å². The first kappa shape index (κ1) is 19.3. The van der Waals surface area contributed by atoms with Crippen molar-refractivity contribution in [1.29, 1.82) is 0 Å². The first-order valence-electron chi connectivity index (χ1n) is 10.1. The molecule has 0 saturated carbocycles. The molecular weight excluding hydrogens is 363 g/mol. The molecule has 148 valence electrons. The number of aliphatic hydroxyl groups excluding tert-OH is 1. The molecule has 0 spiro atoms. The van der Waals surface area contributed by atoms with Gasteiger partial charge in [-0.15, -0.1) is 0 Å². The number of hydrogen-bond acceptors (Lipinski definition) is 2. The van der Waals surface area contributed by atoms with Crippen LogP contribution in [0.4, 0.5) is 4.39 Å². The largest absolute Gasteiger partial charge is 0.511 e. The fourth-order valence-electron chi connectivity index (χ4n) is 4.18. The van der Waals surface area contributed by atoms with E-state index in [0.29, 0.717) is 18.6 Å². The van der Waals surface area contributed by atoms with Crippen LogP contribution in [0, 0.1) is 5.82 Å². The Hall–Kier alpha value is -3.07. The predicted octanol–water partition coefficient (Wildman–Crippen LogP) is 6.71. The third-order valence-corrected chi connectivity index (χ3v) is 5.71. The normalized spacial score (nSPS) is 19.3. The predicted molar refractivity (Wildman–Crippen MR) is 114 cm³/mol. The Labute approximate surface area is 171 Å². The van der Waals surface area contributed by atoms with E-state index in [0.717, 1.165) is 36.1 Å². The van der Waals surface area contributed by atoms with Crippen LogP contribution in [0.25, 0.3) is 0 Å². The maximum Gasteiger partial charge on any atom is 0.127 e. The Balaban J connectivity index is 1.67. The zero-order chi connectivity index (χ0) is 20.1. The lowest BCUT2D eigenvalue weighted by Gasteiger charge is -2.34. The molecule has 1 unspecified atom stereocenters. The second kappa shape index (κ2) is 8.52. The van der Waals surface area contributed by atoms with E-state index >= 15 is 0 Å². The number of aliphatic hydroxyl groups is 1. The molecule has 0 aliphatic heterocycles. The van der Waals surface area contributed by atoms with Gasteiger partial charge in [-0.2, -0.15) is 0 Å². The average molecular weight is 388 g/mol. The Bertz CT molecular complexity index is 979. The van der Waals surface area contributed by atoms with Crippen LogP contribution in [-0.4, -0.2) is 5.11 Å². The van der Waals surface area contributed by atoms with Gasteiger partial charge in [0.2, 0.25) is 0 Å². The van der Waals surface area contributed by atoms with Gasteiger partial charge in [0.1, 0.15) is 23.9 Å². The molecule has 0 heterocycles. The Morgan fingerprint density at radius 3 is 2.34 bits per heavy atom. The molecule has 1 aliphatic carbocycles. The van der Waals surface area contributed by atoms with E-state index in [9.17, 15) is 9.50 Å². The second-order valence-electron chi connectivity index (χ2n) is 7.52. The van der Waals surface area contributed by atoms with Gasteiger partial charge in [-0.05, 0) is 54.7 Å². The van der Waals surface area contributed by atoms with Gasteiger partial charge < -0.3 is 9.84 Å². The summed E-state index contributed by atoms with van der Waals surface area (Å²) in [5.74, 6) is 0.690. The van der Waals surface area contributed by atoms with Crippen LogP contribution in [0.3, 0.4) is 0 Å². The van der Waals surface area contributed by atoms with E-state index in [2.05, 4.69) is 0 Å². The van der Waals surface area contributed by atoms with Crippen molar-refractivity contribution in [2.45, 2.75) is 37.7 Å². The smallest absolute Gasteiger partial charge is 0.127 e. The fourth-order valence-corrected chi connectivity index (χ4v) is 4.18. The van der Waals surface area contributed by atoms with Crippen LogP contribution in [0.2, 0.25) is 0 Å². The summed E-state index contributed by atoms with van der Waals surface area (Å²) in [5, 5.41) is 11.0. The van der Waals surface area contributed by atoms with E-state index in [4.69, 9.17) is 4.74 Å². The molecule has 3 aromatic carbocycles. The van der Waals surface area contributed by atoms with Crippen molar-refractivity contribution in [3.8, 4) is 5.75 Å². The summed E-state index contributed by atoms with van der Waals surface area (Å²) in [4.78, 5) is 0. The molecular formula is C26H25FO2. The van der Waals surface area contributed by atoms with Crippen molar-refractivity contribution in [1.82, 2.24) is 0 Å². The van der Waals surface area contributed by atoms with Gasteiger partial charge >= 0.3 is 0 Å². The molecule has 3 heteroatoms. The summed E-state index contributed by atoms with van der Waals surface area (Å²) in [5.41, 5.74) is 1.64. The monoisotopic (exact) mass is 388 g/mol. The quantitative estimate of drug-likeness (QED) is 0.526. The van der Waals surface area contributed by atoms with Crippen LogP contribution in [0.5, 0.6) is 5.75 Å². The maximum atomic E-state index is 14.8. The molecule has 0 fully saturated rings. The van der Waals surface area contributed by atoms with E-state index < -0.39 is 5.41 Å². The van der Waals surface area contributed by atoms with Gasteiger partial charge in [0.25, 0.3) is 0 Å². The van der Waals surface area contributed by atoms with E-state index in [-0.39, 0.29) is 11.6 Å². The number of rotatable bonds is 5. The van der Waals surface area contributed by atoms with Crippen LogP contribution in [0.15, 0.2) is 90.7 Å². The highest BCUT2D eigenvalue weighted by atomic mass is 19.1. The second-order valence-corrected chi connectivity index (χ2v) is 7.52. The van der Waals surface area contributed by atoms with E-state index in [1.54, 1.807) is 12.1 Å². The van der Waals surface area contributed by atoms with Gasteiger partial charge in [0.15, 0.2) is 0 Å². The van der Waals surface area contributed by atoms with Crippen molar-refractivity contribution in [2.75, 3.05) is 0 Å². The first-order chi connectivity index (χ1) is 14.2. The van der Waals surface area contributed by atoms with E-state index in [1.807, 2.05) is 66.7 Å². The SMILES string of the molecule is OC1=CCCCCC1(c1ccc(OCc2ccccc2)cc1)c1ccccc1F. The Morgan fingerprint density at radius 1 is 0.862 bits per heavy atom. The average Bonchev–Trinajstić information content (AvgIpc) is 2.96. The van der Waals surface area contributed by atoms with Gasteiger partial charge in [-0.1, -0.05) is 67.1 Å². The van der Waals surface area contributed by atoms with Gasteiger partial charge in [-0.3, -0.25) is 0 Å². The summed E-state index contributed by atoms with van der Waals surface area (Å²) in [7, 11) is 0. The van der Waals surface area contributed by atoms with Gasteiger partial charge in [-0.25, -0.2) is 4.39 Å². The van der Waals surface area contributed by atoms with Crippen molar-refractivity contribution in [2.24, 2.45) is 0 Å². The molecule has 1 atom stereocenters. The minimum absolute atomic E-state index is 0.234. The lowest BCUT2D eigenvalue weighted by Crippen LogP contribution is -2.31. The van der Waals surface area contributed by atoms with Crippen molar-refractivity contribution in [3.05, 3.63) is 113 Å². The third-order valence-electron chi connectivity index (χ3n) is 5.71. The van der Waals surface area contributed by atoms with Crippen LogP contribution in [-0.2, 0) is 12.0 Å². The van der Waals surface area contributed by atoms with Gasteiger partial charge in [0, 0.05) is 5.56 Å². The zero-order valence-electron chi connectivity index (χ0n) is 16.4. The van der Waals surface area contributed by atoms with E-state index in [1.165, 1.54) is 6.07 Å². The molecule has 4 rings (SSSR count). The number of ether oxygens (including phenoxy) is 1. The molecule has 0 amide bonds. The van der Waals surface area contributed by atoms with Crippen molar-refractivity contribution < 1.29 is 14.2 Å². The molecule has 0 radical (unpaired) electrons. The summed E-state index contributed by atoms with van der Waals surface area (Å²) < 4.78 is 20.7. The summed E-state index contributed by atoms with van der Waals surface area (Å²) >= 11 is 0. The summed E-state index contributed by atoms with van der Waals surface area (Å²) in [6, 6.07) is 24.5. The number of halogens is 1. The van der Waals surface area contributed by atoms with Crippen molar-refractivity contribution in [3.63, 3.8) is 0 Å².